The van der Waals surface area contributed by atoms with E-state index in [1.54, 1.807) is 29.2 Å². The van der Waals surface area contributed by atoms with Crippen LogP contribution in [0.3, 0.4) is 0 Å². The molecular formula is C25H26ClN7O7. The summed E-state index contributed by atoms with van der Waals surface area (Å²) >= 11 is 5.92. The molecule has 1 aromatic carbocycles. The number of urea groups is 1. The molecule has 2 amide bonds. The standard InChI is InChI=1S/C25H26ClN7O7/c1-2-25(38)16(40-21(18(25)34)33-12-29-17-19(27)30-23(26)31-20(17)33)11-39-15(22(35)36)10-13-4-6-14(7-5-13)32-9-3-8-28-24(32)37/h1,4-7,12,15-16,18,21,34,38H,3,8-11H2,(H,28,37)(H,35,36)(H2,27,30,31)/t15-,16-,18+,21-,25-/m1/s1. The molecule has 40 heavy (non-hydrogen) atoms. The van der Waals surface area contributed by atoms with Crippen molar-refractivity contribution >= 4 is 46.3 Å². The van der Waals surface area contributed by atoms with Gasteiger partial charge in [0.1, 0.15) is 17.7 Å². The van der Waals surface area contributed by atoms with Gasteiger partial charge in [-0.1, -0.05) is 18.1 Å². The predicted octanol–water partition coefficient (Wildman–Crippen LogP) is 0.317. The Hall–Kier alpha value is -4.00. The average Bonchev–Trinajstić information content (AvgIpc) is 3.46. The molecule has 2 aromatic heterocycles. The zero-order valence-electron chi connectivity index (χ0n) is 21.0. The Balaban J connectivity index is 1.30. The predicted molar refractivity (Wildman–Crippen MR) is 141 cm³/mol. The SMILES string of the molecule is C#C[C@@]1(O)[C@@H](CO[C@H](Cc2ccc(N3CCCNC3=O)cc2)C(=O)O)O[C@@H](n2cnc3c(N)nc(Cl)nc32)[C@@H]1O. The van der Waals surface area contributed by atoms with E-state index in [9.17, 15) is 24.9 Å². The number of amides is 2. The first-order valence-electron chi connectivity index (χ1n) is 12.3. The van der Waals surface area contributed by atoms with E-state index in [-0.39, 0.29) is 34.7 Å². The Morgan fingerprint density at radius 3 is 2.80 bits per heavy atom. The minimum atomic E-state index is -2.23. The summed E-state index contributed by atoms with van der Waals surface area (Å²) in [6.45, 7) is 0.751. The molecule has 0 saturated carbocycles. The number of anilines is 2. The number of nitrogens with zero attached hydrogens (tertiary/aromatic N) is 5. The van der Waals surface area contributed by atoms with Crippen LogP contribution in [0.25, 0.3) is 11.2 Å². The quantitative estimate of drug-likeness (QED) is 0.184. The fourth-order valence-corrected chi connectivity index (χ4v) is 4.91. The number of hydrogen-bond acceptors (Lipinski definition) is 10. The van der Waals surface area contributed by atoms with Crippen LogP contribution in [0.1, 0.15) is 18.2 Å². The van der Waals surface area contributed by atoms with Gasteiger partial charge in [-0.25, -0.2) is 14.6 Å². The molecular weight excluding hydrogens is 546 g/mol. The molecule has 0 aliphatic carbocycles. The number of nitrogens with two attached hydrogens (primary N) is 1. The first-order chi connectivity index (χ1) is 19.1. The number of benzene rings is 1. The average molecular weight is 572 g/mol. The molecule has 4 heterocycles. The van der Waals surface area contributed by atoms with Crippen molar-refractivity contribution in [3.63, 3.8) is 0 Å². The summed E-state index contributed by atoms with van der Waals surface area (Å²) in [4.78, 5) is 37.7. The lowest BCUT2D eigenvalue weighted by atomic mass is 9.93. The van der Waals surface area contributed by atoms with Gasteiger partial charge < -0.3 is 35.8 Å². The van der Waals surface area contributed by atoms with E-state index in [0.29, 0.717) is 24.3 Å². The molecule has 15 heteroatoms. The minimum Gasteiger partial charge on any atom is -0.479 e. The van der Waals surface area contributed by atoms with E-state index in [0.717, 1.165) is 6.42 Å². The molecule has 14 nitrogen and oxygen atoms in total. The largest absolute Gasteiger partial charge is 0.479 e. The van der Waals surface area contributed by atoms with Gasteiger partial charge in [0.15, 0.2) is 29.4 Å². The van der Waals surface area contributed by atoms with Crippen LogP contribution in [-0.4, -0.2) is 90.4 Å². The van der Waals surface area contributed by atoms with Crippen LogP contribution < -0.4 is 16.0 Å². The molecule has 0 spiro atoms. The summed E-state index contributed by atoms with van der Waals surface area (Å²) in [5, 5.41) is 34.4. The van der Waals surface area contributed by atoms with Gasteiger partial charge in [0.25, 0.3) is 0 Å². The summed E-state index contributed by atoms with van der Waals surface area (Å²) in [7, 11) is 0. The zero-order chi connectivity index (χ0) is 28.6. The molecule has 2 aliphatic rings. The normalized spacial score (nSPS) is 25.5. The molecule has 0 radical (unpaired) electrons. The Bertz CT molecular complexity index is 1480. The van der Waals surface area contributed by atoms with E-state index in [1.165, 1.54) is 10.9 Å². The number of rotatable bonds is 8. The number of halogens is 1. The number of nitrogens with one attached hydrogen (secondary N) is 1. The Morgan fingerprint density at radius 2 is 2.12 bits per heavy atom. The Kier molecular flexibility index (Phi) is 7.49. The fraction of sp³-hybridized carbons (Fsp3) is 0.400. The van der Waals surface area contributed by atoms with E-state index in [1.807, 2.05) is 0 Å². The van der Waals surface area contributed by atoms with Gasteiger partial charge in [-0.05, 0) is 35.7 Å². The van der Waals surface area contributed by atoms with Gasteiger partial charge in [-0.15, -0.1) is 6.42 Å². The highest BCUT2D eigenvalue weighted by Crippen LogP contribution is 2.39. The molecule has 0 bridgehead atoms. The minimum absolute atomic E-state index is 0.00450. The van der Waals surface area contributed by atoms with Crippen molar-refractivity contribution in [1.29, 1.82) is 0 Å². The third-order valence-electron chi connectivity index (χ3n) is 6.92. The molecule has 2 aliphatic heterocycles. The molecule has 6 N–H and O–H groups in total. The van der Waals surface area contributed by atoms with Crippen molar-refractivity contribution in [2.75, 3.05) is 30.3 Å². The highest BCUT2D eigenvalue weighted by atomic mass is 35.5. The van der Waals surface area contributed by atoms with E-state index in [4.69, 9.17) is 33.2 Å². The third-order valence-corrected chi connectivity index (χ3v) is 7.08. The topological polar surface area (TPSA) is 198 Å². The van der Waals surface area contributed by atoms with Crippen molar-refractivity contribution < 1.29 is 34.4 Å². The van der Waals surface area contributed by atoms with Gasteiger partial charge in [0, 0.05) is 25.2 Å². The van der Waals surface area contributed by atoms with Crippen molar-refractivity contribution in [2.24, 2.45) is 0 Å². The maximum atomic E-state index is 12.1. The number of carbonyl (C=O) groups excluding carboxylic acids is 1. The van der Waals surface area contributed by atoms with Gasteiger partial charge in [-0.2, -0.15) is 9.97 Å². The Morgan fingerprint density at radius 1 is 1.38 bits per heavy atom. The number of carboxylic acid groups (broad SMARTS) is 1. The van der Waals surface area contributed by atoms with Crippen LogP contribution in [0.4, 0.5) is 16.3 Å². The second kappa shape index (κ2) is 10.9. The maximum absolute atomic E-state index is 12.1. The molecule has 3 aromatic rings. The molecule has 2 saturated heterocycles. The smallest absolute Gasteiger partial charge is 0.333 e. The van der Waals surface area contributed by atoms with E-state index in [2.05, 4.69) is 26.2 Å². The lowest BCUT2D eigenvalue weighted by molar-refractivity contribution is -0.156. The summed E-state index contributed by atoms with van der Waals surface area (Å²) in [5.74, 6) is 0.901. The van der Waals surface area contributed by atoms with Gasteiger partial charge in [0.2, 0.25) is 5.28 Å². The number of imidazole rings is 1. The highest BCUT2D eigenvalue weighted by molar-refractivity contribution is 6.28. The molecule has 5 atom stereocenters. The maximum Gasteiger partial charge on any atom is 0.333 e. The zero-order valence-corrected chi connectivity index (χ0v) is 21.7. The molecule has 5 rings (SSSR count). The fourth-order valence-electron chi connectivity index (χ4n) is 4.74. The second-order valence-corrected chi connectivity index (χ2v) is 9.74. The summed E-state index contributed by atoms with van der Waals surface area (Å²) in [6.07, 6.45) is 2.06. The molecule has 0 unspecified atom stereocenters. The summed E-state index contributed by atoms with van der Waals surface area (Å²) in [6, 6.07) is 6.70. The number of aliphatic hydroxyl groups excluding tert-OH is 1. The van der Waals surface area contributed by atoms with Crippen molar-refractivity contribution in [2.45, 2.75) is 43.0 Å². The Labute approximate surface area is 232 Å². The molecule has 210 valence electrons. The van der Waals surface area contributed by atoms with Crippen molar-refractivity contribution in [1.82, 2.24) is 24.8 Å². The number of fused-ring (bicyclic) bond motifs is 1. The summed E-state index contributed by atoms with van der Waals surface area (Å²) in [5.41, 5.74) is 5.27. The van der Waals surface area contributed by atoms with Gasteiger partial charge in [0.05, 0.1) is 12.9 Å². The number of nitrogen functional groups attached to an aromatic ring is 1. The van der Waals surface area contributed by atoms with Crippen LogP contribution in [0, 0.1) is 12.3 Å². The number of carboxylic acids is 1. The van der Waals surface area contributed by atoms with Gasteiger partial charge >= 0.3 is 12.0 Å². The number of ether oxygens (including phenoxy) is 2. The van der Waals surface area contributed by atoms with E-state index < -0.39 is 42.7 Å². The lowest BCUT2D eigenvalue weighted by Crippen LogP contribution is -2.48. The lowest BCUT2D eigenvalue weighted by Gasteiger charge is -2.27. The summed E-state index contributed by atoms with van der Waals surface area (Å²) < 4.78 is 12.8. The third kappa shape index (κ3) is 5.01. The number of aliphatic carboxylic acids is 1. The van der Waals surface area contributed by atoms with Crippen LogP contribution >= 0.6 is 11.6 Å². The molecule has 2 fully saturated rings. The first-order valence-corrected chi connectivity index (χ1v) is 12.7. The van der Waals surface area contributed by atoms with Crippen LogP contribution in [0.5, 0.6) is 0 Å². The van der Waals surface area contributed by atoms with Crippen LogP contribution in [0.15, 0.2) is 30.6 Å². The number of carbonyl (C=O) groups is 2. The number of aromatic nitrogens is 4. The number of hydrogen-bond donors (Lipinski definition) is 5. The monoisotopic (exact) mass is 571 g/mol. The van der Waals surface area contributed by atoms with Crippen molar-refractivity contribution in [3.8, 4) is 12.3 Å². The highest BCUT2D eigenvalue weighted by Gasteiger charge is 2.56. The van der Waals surface area contributed by atoms with Crippen LogP contribution in [0.2, 0.25) is 5.28 Å². The van der Waals surface area contributed by atoms with Crippen LogP contribution in [-0.2, 0) is 20.7 Å². The first kappa shape index (κ1) is 27.6. The second-order valence-electron chi connectivity index (χ2n) is 9.40. The van der Waals surface area contributed by atoms with Gasteiger partial charge in [-0.3, -0.25) is 9.47 Å². The van der Waals surface area contributed by atoms with Crippen molar-refractivity contribution in [3.05, 3.63) is 41.4 Å². The number of aliphatic hydroxyl groups is 2. The number of terminal acetylenes is 1. The van der Waals surface area contributed by atoms with E-state index >= 15 is 0 Å².